The number of ether oxygens (including phenoxy) is 1. The molecule has 86 valence electrons. The van der Waals surface area contributed by atoms with Gasteiger partial charge in [-0.1, -0.05) is 6.07 Å². The Morgan fingerprint density at radius 1 is 1.44 bits per heavy atom. The number of carbonyl (C=O) groups is 1. The first kappa shape index (κ1) is 11.0. The van der Waals surface area contributed by atoms with Gasteiger partial charge in [0, 0.05) is 18.3 Å². The minimum atomic E-state index is -0.0489. The van der Waals surface area contributed by atoms with E-state index in [2.05, 4.69) is 10.6 Å². The van der Waals surface area contributed by atoms with Crippen molar-refractivity contribution >= 4 is 17.3 Å². The van der Waals surface area contributed by atoms with Crippen molar-refractivity contribution in [2.75, 3.05) is 23.8 Å². The van der Waals surface area contributed by atoms with Crippen molar-refractivity contribution in [3.05, 3.63) is 23.8 Å². The van der Waals surface area contributed by atoms with Crippen molar-refractivity contribution < 1.29 is 9.53 Å². The molecule has 1 aromatic carbocycles. The van der Waals surface area contributed by atoms with Gasteiger partial charge in [-0.2, -0.15) is 0 Å². The molecular formula is C12H16N2O2. The van der Waals surface area contributed by atoms with Crippen molar-refractivity contribution in [1.82, 2.24) is 0 Å². The standard InChI is InChI=1S/C12H16N2O2/c1-8-3-4-10(14-11-6-16-7-11)5-12(8)13-9(2)15/h3-5,11,14H,6-7H2,1-2H3,(H,13,15). The van der Waals surface area contributed by atoms with Gasteiger partial charge in [-0.3, -0.25) is 4.79 Å². The molecule has 2 rings (SSSR count). The minimum absolute atomic E-state index is 0.0489. The van der Waals surface area contributed by atoms with Gasteiger partial charge in [0.15, 0.2) is 0 Å². The molecule has 0 aromatic heterocycles. The van der Waals surface area contributed by atoms with Gasteiger partial charge in [-0.25, -0.2) is 0 Å². The maximum Gasteiger partial charge on any atom is 0.221 e. The molecule has 0 unspecified atom stereocenters. The number of carbonyl (C=O) groups excluding carboxylic acids is 1. The molecule has 1 amide bonds. The monoisotopic (exact) mass is 220 g/mol. The van der Waals surface area contributed by atoms with Crippen LogP contribution in [0.3, 0.4) is 0 Å². The average Bonchev–Trinajstić information content (AvgIpc) is 2.15. The van der Waals surface area contributed by atoms with E-state index in [1.807, 2.05) is 25.1 Å². The predicted octanol–water partition coefficient (Wildman–Crippen LogP) is 1.76. The van der Waals surface area contributed by atoms with Crippen molar-refractivity contribution in [3.63, 3.8) is 0 Å². The molecule has 1 aromatic rings. The molecule has 0 aliphatic carbocycles. The molecule has 1 saturated heterocycles. The Kier molecular flexibility index (Phi) is 3.10. The van der Waals surface area contributed by atoms with Crippen LogP contribution in [0.25, 0.3) is 0 Å². The summed E-state index contributed by atoms with van der Waals surface area (Å²) in [5, 5.41) is 6.16. The van der Waals surface area contributed by atoms with Crippen molar-refractivity contribution in [3.8, 4) is 0 Å². The zero-order chi connectivity index (χ0) is 11.5. The zero-order valence-corrected chi connectivity index (χ0v) is 9.54. The Labute approximate surface area is 95.0 Å². The Hall–Kier alpha value is -1.55. The lowest BCUT2D eigenvalue weighted by atomic mass is 10.1. The van der Waals surface area contributed by atoms with Gasteiger partial charge in [-0.15, -0.1) is 0 Å². The number of amides is 1. The van der Waals surface area contributed by atoms with Crippen LogP contribution in [0.15, 0.2) is 18.2 Å². The fourth-order valence-electron chi connectivity index (χ4n) is 1.59. The van der Waals surface area contributed by atoms with E-state index < -0.39 is 0 Å². The van der Waals surface area contributed by atoms with Crippen LogP contribution in [-0.4, -0.2) is 25.2 Å². The lowest BCUT2D eigenvalue weighted by molar-refractivity contribution is -0.114. The lowest BCUT2D eigenvalue weighted by Crippen LogP contribution is -2.40. The molecule has 1 fully saturated rings. The maximum absolute atomic E-state index is 11.0. The van der Waals surface area contributed by atoms with Gasteiger partial charge >= 0.3 is 0 Å². The quantitative estimate of drug-likeness (QED) is 0.816. The van der Waals surface area contributed by atoms with Crippen molar-refractivity contribution in [2.24, 2.45) is 0 Å². The molecule has 16 heavy (non-hydrogen) atoms. The van der Waals surface area contributed by atoms with Gasteiger partial charge in [0.1, 0.15) is 0 Å². The molecule has 4 nitrogen and oxygen atoms in total. The van der Waals surface area contributed by atoms with Crippen LogP contribution < -0.4 is 10.6 Å². The average molecular weight is 220 g/mol. The SMILES string of the molecule is CC(=O)Nc1cc(NC2COC2)ccc1C. The highest BCUT2D eigenvalue weighted by molar-refractivity contribution is 5.90. The summed E-state index contributed by atoms with van der Waals surface area (Å²) < 4.78 is 5.09. The van der Waals surface area contributed by atoms with E-state index in [0.717, 1.165) is 30.2 Å². The number of anilines is 2. The summed E-state index contributed by atoms with van der Waals surface area (Å²) in [6.45, 7) is 4.99. The van der Waals surface area contributed by atoms with Gasteiger partial charge < -0.3 is 15.4 Å². The number of aryl methyl sites for hydroxylation is 1. The number of rotatable bonds is 3. The summed E-state index contributed by atoms with van der Waals surface area (Å²) in [7, 11) is 0. The van der Waals surface area contributed by atoms with Crippen LogP contribution in [0.5, 0.6) is 0 Å². The topological polar surface area (TPSA) is 50.4 Å². The lowest BCUT2D eigenvalue weighted by Gasteiger charge is -2.28. The molecule has 4 heteroatoms. The van der Waals surface area contributed by atoms with Crippen molar-refractivity contribution in [1.29, 1.82) is 0 Å². The third kappa shape index (κ3) is 2.52. The summed E-state index contributed by atoms with van der Waals surface area (Å²) >= 11 is 0. The highest BCUT2D eigenvalue weighted by Gasteiger charge is 2.17. The van der Waals surface area contributed by atoms with Gasteiger partial charge in [0.2, 0.25) is 5.91 Å². The zero-order valence-electron chi connectivity index (χ0n) is 9.54. The minimum Gasteiger partial charge on any atom is -0.378 e. The third-order valence-electron chi connectivity index (χ3n) is 2.56. The third-order valence-corrected chi connectivity index (χ3v) is 2.56. The first-order valence-electron chi connectivity index (χ1n) is 5.37. The second-order valence-electron chi connectivity index (χ2n) is 4.09. The summed E-state index contributed by atoms with van der Waals surface area (Å²) in [6.07, 6.45) is 0. The fraction of sp³-hybridized carbons (Fsp3) is 0.417. The summed E-state index contributed by atoms with van der Waals surface area (Å²) in [6, 6.07) is 6.36. The van der Waals surface area contributed by atoms with Gasteiger partial charge in [0.25, 0.3) is 0 Å². The smallest absolute Gasteiger partial charge is 0.221 e. The number of benzene rings is 1. The van der Waals surface area contributed by atoms with E-state index in [1.54, 1.807) is 0 Å². The first-order valence-corrected chi connectivity index (χ1v) is 5.37. The van der Waals surface area contributed by atoms with Crippen LogP contribution in [-0.2, 0) is 9.53 Å². The summed E-state index contributed by atoms with van der Waals surface area (Å²) in [5.74, 6) is -0.0489. The highest BCUT2D eigenvalue weighted by Crippen LogP contribution is 2.21. The molecule has 0 bridgehead atoms. The molecule has 0 saturated carbocycles. The molecular weight excluding hydrogens is 204 g/mol. The fourth-order valence-corrected chi connectivity index (χ4v) is 1.59. The first-order chi connectivity index (χ1) is 7.65. The van der Waals surface area contributed by atoms with E-state index in [0.29, 0.717) is 6.04 Å². The number of hydrogen-bond donors (Lipinski definition) is 2. The molecule has 0 radical (unpaired) electrons. The molecule has 0 atom stereocenters. The number of hydrogen-bond acceptors (Lipinski definition) is 3. The van der Waals surface area contributed by atoms with Gasteiger partial charge in [0.05, 0.1) is 19.3 Å². The van der Waals surface area contributed by atoms with E-state index >= 15 is 0 Å². The van der Waals surface area contributed by atoms with Crippen LogP contribution in [0.2, 0.25) is 0 Å². The van der Waals surface area contributed by atoms with Crippen LogP contribution in [0, 0.1) is 6.92 Å². The van der Waals surface area contributed by atoms with E-state index in [4.69, 9.17) is 4.74 Å². The van der Waals surface area contributed by atoms with Gasteiger partial charge in [-0.05, 0) is 24.6 Å². The van der Waals surface area contributed by atoms with E-state index in [9.17, 15) is 4.79 Å². The van der Waals surface area contributed by atoms with Crippen molar-refractivity contribution in [2.45, 2.75) is 19.9 Å². The second kappa shape index (κ2) is 4.53. The molecule has 1 heterocycles. The Morgan fingerprint density at radius 3 is 2.75 bits per heavy atom. The molecule has 0 spiro atoms. The maximum atomic E-state index is 11.0. The van der Waals surface area contributed by atoms with Crippen LogP contribution in [0.1, 0.15) is 12.5 Å². The molecule has 1 aliphatic heterocycles. The Balaban J connectivity index is 2.10. The molecule has 2 N–H and O–H groups in total. The van der Waals surface area contributed by atoms with E-state index in [-0.39, 0.29) is 5.91 Å². The second-order valence-corrected chi connectivity index (χ2v) is 4.09. The predicted molar refractivity (Wildman–Crippen MR) is 63.7 cm³/mol. The molecule has 1 aliphatic rings. The Morgan fingerprint density at radius 2 is 2.19 bits per heavy atom. The Bertz CT molecular complexity index is 400. The van der Waals surface area contributed by atoms with Crippen LogP contribution in [0.4, 0.5) is 11.4 Å². The summed E-state index contributed by atoms with van der Waals surface area (Å²) in [4.78, 5) is 11.0. The largest absolute Gasteiger partial charge is 0.378 e. The van der Waals surface area contributed by atoms with Crippen LogP contribution >= 0.6 is 0 Å². The normalized spacial score (nSPS) is 15.4. The highest BCUT2D eigenvalue weighted by atomic mass is 16.5. The number of nitrogens with one attached hydrogen (secondary N) is 2. The van der Waals surface area contributed by atoms with E-state index in [1.165, 1.54) is 6.92 Å². The summed E-state index contributed by atoms with van der Waals surface area (Å²) in [5.41, 5.74) is 2.94.